The first kappa shape index (κ1) is 14.3. The van der Waals surface area contributed by atoms with Crippen molar-refractivity contribution in [3.05, 3.63) is 35.8 Å². The summed E-state index contributed by atoms with van der Waals surface area (Å²) < 4.78 is 11.0. The van der Waals surface area contributed by atoms with Gasteiger partial charge >= 0.3 is 0 Å². The van der Waals surface area contributed by atoms with Crippen molar-refractivity contribution in [1.82, 2.24) is 10.3 Å². The number of carbonyl (C=O) groups excluding carboxylic acids is 2. The predicted octanol–water partition coefficient (Wildman–Crippen LogP) is 1.04. The van der Waals surface area contributed by atoms with E-state index in [0.29, 0.717) is 16.6 Å². The van der Waals surface area contributed by atoms with Crippen molar-refractivity contribution < 1.29 is 19.1 Å². The van der Waals surface area contributed by atoms with E-state index in [1.807, 2.05) is 6.07 Å². The normalized spacial score (nSPS) is 15.9. The van der Waals surface area contributed by atoms with Crippen molar-refractivity contribution in [2.75, 3.05) is 18.5 Å². The first-order valence-electron chi connectivity index (χ1n) is 6.58. The lowest BCUT2D eigenvalue weighted by molar-refractivity contribution is -0.131. The number of para-hydroxylation sites is 2. The highest BCUT2D eigenvalue weighted by Crippen LogP contribution is 2.30. The molecule has 0 bridgehead atoms. The number of hydrogen-bond acceptors (Lipinski definition) is 6. The number of nitrogens with zero attached hydrogens (tertiary/aromatic N) is 1. The molecule has 1 atom stereocenters. The van der Waals surface area contributed by atoms with Crippen LogP contribution in [0.4, 0.5) is 5.13 Å². The minimum Gasteiger partial charge on any atom is -0.485 e. The van der Waals surface area contributed by atoms with Crippen molar-refractivity contribution in [3.63, 3.8) is 0 Å². The molecule has 22 heavy (non-hydrogen) atoms. The quantitative estimate of drug-likeness (QED) is 0.879. The van der Waals surface area contributed by atoms with E-state index in [0.717, 1.165) is 0 Å². The Bertz CT molecular complexity index is 674. The minimum atomic E-state index is -0.775. The highest BCUT2D eigenvalue weighted by atomic mass is 32.1. The highest BCUT2D eigenvalue weighted by Gasteiger charge is 2.27. The van der Waals surface area contributed by atoms with Gasteiger partial charge in [-0.05, 0) is 12.1 Å². The van der Waals surface area contributed by atoms with E-state index in [1.54, 1.807) is 29.8 Å². The third-order valence-corrected chi connectivity index (χ3v) is 3.59. The van der Waals surface area contributed by atoms with Gasteiger partial charge in [-0.25, -0.2) is 4.98 Å². The Labute approximate surface area is 130 Å². The fraction of sp³-hybridized carbons (Fsp3) is 0.214. The topological polar surface area (TPSA) is 89.6 Å². The van der Waals surface area contributed by atoms with Gasteiger partial charge in [-0.15, -0.1) is 11.3 Å². The van der Waals surface area contributed by atoms with Crippen LogP contribution in [0.2, 0.25) is 0 Å². The molecule has 0 radical (unpaired) electrons. The molecule has 2 N–H and O–H groups in total. The summed E-state index contributed by atoms with van der Waals surface area (Å²) in [6, 6.07) is 7.12. The number of thiazole rings is 1. The third kappa shape index (κ3) is 3.34. The summed E-state index contributed by atoms with van der Waals surface area (Å²) in [6.07, 6.45) is 0.811. The molecule has 2 amide bonds. The number of carbonyl (C=O) groups is 2. The number of nitrogens with one attached hydrogen (secondary N) is 2. The van der Waals surface area contributed by atoms with E-state index in [9.17, 15) is 9.59 Å². The number of ether oxygens (including phenoxy) is 2. The molecule has 0 saturated heterocycles. The number of aromatic nitrogens is 1. The summed E-state index contributed by atoms with van der Waals surface area (Å²) in [7, 11) is 0. The molecule has 0 spiro atoms. The zero-order valence-electron chi connectivity index (χ0n) is 11.4. The maximum Gasteiger partial charge on any atom is 0.265 e. The predicted molar refractivity (Wildman–Crippen MR) is 80.1 cm³/mol. The van der Waals surface area contributed by atoms with E-state index in [-0.39, 0.29) is 19.1 Å². The van der Waals surface area contributed by atoms with Crippen LogP contribution in [0.5, 0.6) is 11.5 Å². The first-order valence-corrected chi connectivity index (χ1v) is 7.46. The molecule has 1 aliphatic heterocycles. The van der Waals surface area contributed by atoms with Crippen molar-refractivity contribution in [2.24, 2.45) is 0 Å². The van der Waals surface area contributed by atoms with Crippen LogP contribution in [0, 0.1) is 0 Å². The monoisotopic (exact) mass is 319 g/mol. The minimum absolute atomic E-state index is 0.108. The number of rotatable bonds is 4. The number of amides is 2. The van der Waals surface area contributed by atoms with Gasteiger partial charge in [0.1, 0.15) is 6.61 Å². The van der Waals surface area contributed by atoms with E-state index < -0.39 is 12.0 Å². The summed E-state index contributed by atoms with van der Waals surface area (Å²) in [4.78, 5) is 27.6. The number of benzene rings is 1. The Kier molecular flexibility index (Phi) is 4.19. The Morgan fingerprint density at radius 1 is 1.32 bits per heavy atom. The zero-order chi connectivity index (χ0) is 15.4. The first-order chi connectivity index (χ1) is 10.7. The average molecular weight is 319 g/mol. The molecule has 3 rings (SSSR count). The van der Waals surface area contributed by atoms with Crippen LogP contribution < -0.4 is 20.1 Å². The van der Waals surface area contributed by atoms with Gasteiger partial charge in [0.05, 0.1) is 6.54 Å². The second kappa shape index (κ2) is 6.44. The van der Waals surface area contributed by atoms with Gasteiger partial charge in [-0.2, -0.15) is 0 Å². The molecule has 1 unspecified atom stereocenters. The molecule has 8 heteroatoms. The fourth-order valence-electron chi connectivity index (χ4n) is 1.88. The van der Waals surface area contributed by atoms with Crippen LogP contribution in [0.3, 0.4) is 0 Å². The van der Waals surface area contributed by atoms with Crippen LogP contribution in [-0.2, 0) is 9.59 Å². The molecule has 0 fully saturated rings. The van der Waals surface area contributed by atoms with Gasteiger partial charge in [0, 0.05) is 11.6 Å². The molecule has 2 heterocycles. The lowest BCUT2D eigenvalue weighted by atomic mass is 10.2. The van der Waals surface area contributed by atoms with Crippen LogP contribution in [0.1, 0.15) is 0 Å². The maximum atomic E-state index is 12.0. The fourth-order valence-corrected chi connectivity index (χ4v) is 2.42. The van der Waals surface area contributed by atoms with Gasteiger partial charge in [0.15, 0.2) is 16.6 Å². The Morgan fingerprint density at radius 2 is 2.14 bits per heavy atom. The average Bonchev–Trinajstić information content (AvgIpc) is 3.05. The van der Waals surface area contributed by atoms with E-state index >= 15 is 0 Å². The molecule has 0 aliphatic carbocycles. The van der Waals surface area contributed by atoms with Gasteiger partial charge in [-0.3, -0.25) is 9.59 Å². The Hall–Kier alpha value is -2.61. The van der Waals surface area contributed by atoms with E-state index in [2.05, 4.69) is 15.6 Å². The molecule has 1 aromatic heterocycles. The lowest BCUT2D eigenvalue weighted by Crippen LogP contribution is -2.46. The van der Waals surface area contributed by atoms with Crippen molar-refractivity contribution in [2.45, 2.75) is 6.10 Å². The van der Waals surface area contributed by atoms with Crippen LogP contribution in [-0.4, -0.2) is 36.1 Å². The Balaban J connectivity index is 1.49. The number of anilines is 1. The standard InChI is InChI=1S/C14H13N3O4S/c18-12(17-14-15-5-6-22-14)7-16-13(19)11-8-20-9-3-1-2-4-10(9)21-11/h1-6,11H,7-8H2,(H,16,19)(H,15,17,18). The SMILES string of the molecule is O=C(CNC(=O)C1COc2ccccc2O1)Nc1nccs1. The van der Waals surface area contributed by atoms with Crippen LogP contribution >= 0.6 is 11.3 Å². The second-order valence-electron chi connectivity index (χ2n) is 4.47. The Morgan fingerprint density at radius 3 is 2.91 bits per heavy atom. The van der Waals surface area contributed by atoms with E-state index in [1.165, 1.54) is 11.3 Å². The molecule has 0 saturated carbocycles. The summed E-state index contributed by atoms with van der Waals surface area (Å²) >= 11 is 1.31. The summed E-state index contributed by atoms with van der Waals surface area (Å²) in [5.41, 5.74) is 0. The molecule has 1 aromatic carbocycles. The van der Waals surface area contributed by atoms with Gasteiger partial charge in [-0.1, -0.05) is 12.1 Å². The molecule has 2 aromatic rings. The molecular weight excluding hydrogens is 306 g/mol. The maximum absolute atomic E-state index is 12.0. The van der Waals surface area contributed by atoms with Crippen molar-refractivity contribution >= 4 is 28.3 Å². The number of fused-ring (bicyclic) bond motifs is 1. The largest absolute Gasteiger partial charge is 0.485 e. The lowest BCUT2D eigenvalue weighted by Gasteiger charge is -2.25. The summed E-state index contributed by atoms with van der Waals surface area (Å²) in [5.74, 6) is 0.374. The highest BCUT2D eigenvalue weighted by molar-refractivity contribution is 7.13. The smallest absolute Gasteiger partial charge is 0.265 e. The van der Waals surface area contributed by atoms with Crippen LogP contribution in [0.15, 0.2) is 35.8 Å². The summed E-state index contributed by atoms with van der Waals surface area (Å²) in [5, 5.41) is 7.33. The zero-order valence-corrected chi connectivity index (χ0v) is 12.3. The van der Waals surface area contributed by atoms with Gasteiger partial charge < -0.3 is 20.1 Å². The van der Waals surface area contributed by atoms with Gasteiger partial charge in [0.2, 0.25) is 12.0 Å². The molecule has 7 nitrogen and oxygen atoms in total. The van der Waals surface area contributed by atoms with E-state index in [4.69, 9.17) is 9.47 Å². The third-order valence-electron chi connectivity index (χ3n) is 2.90. The molecule has 1 aliphatic rings. The van der Waals surface area contributed by atoms with Crippen molar-refractivity contribution in [3.8, 4) is 11.5 Å². The summed E-state index contributed by atoms with van der Waals surface area (Å²) in [6.45, 7) is -0.0448. The molecular formula is C14H13N3O4S. The number of hydrogen-bond donors (Lipinski definition) is 2. The van der Waals surface area contributed by atoms with Crippen LogP contribution in [0.25, 0.3) is 0 Å². The van der Waals surface area contributed by atoms with Gasteiger partial charge in [0.25, 0.3) is 5.91 Å². The van der Waals surface area contributed by atoms with Crippen molar-refractivity contribution in [1.29, 1.82) is 0 Å². The second-order valence-corrected chi connectivity index (χ2v) is 5.36. The molecule has 114 valence electrons.